The molecular formula is C15H21NO3. The van der Waals surface area contributed by atoms with E-state index in [1.54, 1.807) is 0 Å². The lowest BCUT2D eigenvalue weighted by molar-refractivity contribution is -0.129. The number of hydrogen-bond acceptors (Lipinski definition) is 3. The minimum absolute atomic E-state index is 0.0369. The van der Waals surface area contributed by atoms with Crippen LogP contribution in [-0.2, 0) is 4.79 Å². The van der Waals surface area contributed by atoms with Crippen molar-refractivity contribution in [3.63, 3.8) is 0 Å². The largest absolute Gasteiger partial charge is 0.486 e. The first-order chi connectivity index (χ1) is 8.88. The van der Waals surface area contributed by atoms with Gasteiger partial charge in [-0.1, -0.05) is 26.8 Å². The molecule has 1 amide bonds. The van der Waals surface area contributed by atoms with Gasteiger partial charge in [0.2, 0.25) is 5.91 Å². The summed E-state index contributed by atoms with van der Waals surface area (Å²) in [5.41, 5.74) is 0.629. The van der Waals surface area contributed by atoms with Gasteiger partial charge in [-0.25, -0.2) is 0 Å². The molecule has 0 aromatic heterocycles. The Labute approximate surface area is 114 Å². The Balaban J connectivity index is 2.11. The molecule has 1 aromatic carbocycles. The van der Waals surface area contributed by atoms with Crippen molar-refractivity contribution in [3.8, 4) is 11.5 Å². The van der Waals surface area contributed by atoms with Crippen molar-refractivity contribution in [2.24, 2.45) is 5.41 Å². The van der Waals surface area contributed by atoms with E-state index in [1.807, 2.05) is 45.9 Å². The van der Waals surface area contributed by atoms with Crippen molar-refractivity contribution >= 4 is 5.91 Å². The van der Waals surface area contributed by atoms with E-state index in [2.05, 4.69) is 5.32 Å². The summed E-state index contributed by atoms with van der Waals surface area (Å²) < 4.78 is 11.0. The van der Waals surface area contributed by atoms with Crippen molar-refractivity contribution in [1.82, 2.24) is 5.32 Å². The predicted octanol–water partition coefficient (Wildman–Crippen LogP) is 2.68. The molecule has 0 aliphatic carbocycles. The van der Waals surface area contributed by atoms with Crippen LogP contribution in [0.4, 0.5) is 0 Å². The van der Waals surface area contributed by atoms with Crippen LogP contribution in [0.5, 0.6) is 11.5 Å². The highest BCUT2D eigenvalue weighted by Crippen LogP contribution is 2.32. The maximum Gasteiger partial charge on any atom is 0.225 e. The topological polar surface area (TPSA) is 47.6 Å². The van der Waals surface area contributed by atoms with Crippen LogP contribution < -0.4 is 14.8 Å². The SMILES string of the molecule is CC(NC(=O)C(C)(C)C)c1ccc2c(c1)OCCO2. The molecule has 0 spiro atoms. The second-order valence-corrected chi connectivity index (χ2v) is 5.85. The number of nitrogens with one attached hydrogen (secondary N) is 1. The minimum atomic E-state index is -0.387. The van der Waals surface area contributed by atoms with Crippen LogP contribution in [0.15, 0.2) is 18.2 Å². The molecule has 1 atom stereocenters. The van der Waals surface area contributed by atoms with E-state index in [0.717, 1.165) is 17.1 Å². The number of hydrogen-bond donors (Lipinski definition) is 1. The number of benzene rings is 1. The van der Waals surface area contributed by atoms with Crippen LogP contribution in [0.1, 0.15) is 39.3 Å². The fraction of sp³-hybridized carbons (Fsp3) is 0.533. The van der Waals surface area contributed by atoms with E-state index in [0.29, 0.717) is 13.2 Å². The second kappa shape index (κ2) is 5.11. The van der Waals surface area contributed by atoms with E-state index in [-0.39, 0.29) is 17.4 Å². The fourth-order valence-electron chi connectivity index (χ4n) is 1.83. The molecule has 4 heteroatoms. The molecule has 19 heavy (non-hydrogen) atoms. The molecule has 0 bridgehead atoms. The molecule has 1 N–H and O–H groups in total. The van der Waals surface area contributed by atoms with E-state index < -0.39 is 0 Å². The molecule has 4 nitrogen and oxygen atoms in total. The molecule has 1 aromatic rings. The Morgan fingerprint density at radius 1 is 1.21 bits per heavy atom. The molecular weight excluding hydrogens is 242 g/mol. The van der Waals surface area contributed by atoms with E-state index in [1.165, 1.54) is 0 Å². The van der Waals surface area contributed by atoms with Crippen LogP contribution in [0, 0.1) is 5.41 Å². The van der Waals surface area contributed by atoms with E-state index in [9.17, 15) is 4.79 Å². The van der Waals surface area contributed by atoms with Crippen molar-refractivity contribution < 1.29 is 14.3 Å². The van der Waals surface area contributed by atoms with Gasteiger partial charge in [-0.05, 0) is 24.6 Å². The summed E-state index contributed by atoms with van der Waals surface area (Å²) in [7, 11) is 0. The van der Waals surface area contributed by atoms with Crippen molar-refractivity contribution in [2.75, 3.05) is 13.2 Å². The summed E-state index contributed by atoms with van der Waals surface area (Å²) in [4.78, 5) is 12.0. The molecule has 1 aliphatic rings. The lowest BCUT2D eigenvalue weighted by Crippen LogP contribution is -2.36. The Hall–Kier alpha value is -1.71. The Morgan fingerprint density at radius 2 is 1.84 bits per heavy atom. The van der Waals surface area contributed by atoms with Crippen LogP contribution in [0.25, 0.3) is 0 Å². The van der Waals surface area contributed by atoms with Crippen LogP contribution in [-0.4, -0.2) is 19.1 Å². The molecule has 0 fully saturated rings. The number of ether oxygens (including phenoxy) is 2. The lowest BCUT2D eigenvalue weighted by atomic mass is 9.94. The minimum Gasteiger partial charge on any atom is -0.486 e. The number of carbonyl (C=O) groups excluding carboxylic acids is 1. The molecule has 1 unspecified atom stereocenters. The third-order valence-corrected chi connectivity index (χ3v) is 3.10. The lowest BCUT2D eigenvalue weighted by Gasteiger charge is -2.24. The van der Waals surface area contributed by atoms with E-state index >= 15 is 0 Å². The van der Waals surface area contributed by atoms with Gasteiger partial charge in [0, 0.05) is 5.41 Å². The van der Waals surface area contributed by atoms with Crippen molar-refractivity contribution in [2.45, 2.75) is 33.7 Å². The molecule has 104 valence electrons. The van der Waals surface area contributed by atoms with Gasteiger partial charge >= 0.3 is 0 Å². The highest BCUT2D eigenvalue weighted by atomic mass is 16.6. The monoisotopic (exact) mass is 263 g/mol. The normalized spacial score (nSPS) is 15.8. The Morgan fingerprint density at radius 3 is 2.47 bits per heavy atom. The number of rotatable bonds is 2. The van der Waals surface area contributed by atoms with Crippen LogP contribution in [0.3, 0.4) is 0 Å². The Kier molecular flexibility index (Phi) is 3.69. The van der Waals surface area contributed by atoms with Gasteiger partial charge in [-0.15, -0.1) is 0 Å². The Bertz CT molecular complexity index is 477. The smallest absolute Gasteiger partial charge is 0.225 e. The molecule has 0 saturated carbocycles. The molecule has 1 aliphatic heterocycles. The maximum atomic E-state index is 12.0. The zero-order valence-corrected chi connectivity index (χ0v) is 11.9. The zero-order chi connectivity index (χ0) is 14.0. The third kappa shape index (κ3) is 3.19. The highest BCUT2D eigenvalue weighted by molar-refractivity contribution is 5.81. The van der Waals surface area contributed by atoms with Gasteiger partial charge in [-0.3, -0.25) is 4.79 Å². The van der Waals surface area contributed by atoms with Crippen molar-refractivity contribution in [3.05, 3.63) is 23.8 Å². The molecule has 0 saturated heterocycles. The zero-order valence-electron chi connectivity index (χ0n) is 11.9. The average molecular weight is 263 g/mol. The second-order valence-electron chi connectivity index (χ2n) is 5.85. The summed E-state index contributed by atoms with van der Waals surface area (Å²) in [6.07, 6.45) is 0. The summed E-state index contributed by atoms with van der Waals surface area (Å²) in [6.45, 7) is 8.83. The first-order valence-corrected chi connectivity index (χ1v) is 6.58. The first kappa shape index (κ1) is 13.7. The highest BCUT2D eigenvalue weighted by Gasteiger charge is 2.23. The summed E-state index contributed by atoms with van der Waals surface area (Å²) in [6, 6.07) is 5.73. The first-order valence-electron chi connectivity index (χ1n) is 6.58. The van der Waals surface area contributed by atoms with Gasteiger partial charge in [0.05, 0.1) is 6.04 Å². The van der Waals surface area contributed by atoms with Crippen molar-refractivity contribution in [1.29, 1.82) is 0 Å². The van der Waals surface area contributed by atoms with Gasteiger partial charge < -0.3 is 14.8 Å². The van der Waals surface area contributed by atoms with Crippen LogP contribution >= 0.6 is 0 Å². The van der Waals surface area contributed by atoms with Gasteiger partial charge in [0.15, 0.2) is 11.5 Å². The number of carbonyl (C=O) groups is 1. The number of amides is 1. The van der Waals surface area contributed by atoms with Gasteiger partial charge in [-0.2, -0.15) is 0 Å². The molecule has 1 heterocycles. The third-order valence-electron chi connectivity index (χ3n) is 3.10. The fourth-order valence-corrected chi connectivity index (χ4v) is 1.83. The quantitative estimate of drug-likeness (QED) is 0.892. The summed E-state index contributed by atoms with van der Waals surface area (Å²) in [5.74, 6) is 1.56. The van der Waals surface area contributed by atoms with Gasteiger partial charge in [0.25, 0.3) is 0 Å². The van der Waals surface area contributed by atoms with E-state index in [4.69, 9.17) is 9.47 Å². The van der Waals surface area contributed by atoms with Gasteiger partial charge in [0.1, 0.15) is 13.2 Å². The summed E-state index contributed by atoms with van der Waals surface area (Å²) >= 11 is 0. The maximum absolute atomic E-state index is 12.0. The predicted molar refractivity (Wildman–Crippen MR) is 73.4 cm³/mol. The molecule has 2 rings (SSSR count). The standard InChI is InChI=1S/C15H21NO3/c1-10(16-14(17)15(2,3)4)11-5-6-12-13(9-11)19-8-7-18-12/h5-6,9-10H,7-8H2,1-4H3,(H,16,17). The average Bonchev–Trinajstić information content (AvgIpc) is 2.37. The summed E-state index contributed by atoms with van der Waals surface area (Å²) in [5, 5.41) is 3.01. The molecule has 0 radical (unpaired) electrons. The number of fused-ring (bicyclic) bond motifs is 1. The van der Waals surface area contributed by atoms with Crippen LogP contribution in [0.2, 0.25) is 0 Å².